The first kappa shape index (κ1) is 18.5. The highest BCUT2D eigenvalue weighted by Crippen LogP contribution is 2.33. The smallest absolute Gasteiger partial charge is 0.301 e. The lowest BCUT2D eigenvalue weighted by Gasteiger charge is -2.16. The topological polar surface area (TPSA) is 76.1 Å². The van der Waals surface area contributed by atoms with Crippen molar-refractivity contribution in [3.8, 4) is 11.5 Å². The van der Waals surface area contributed by atoms with Gasteiger partial charge in [-0.15, -0.1) is 0 Å². The molecule has 0 fully saturated rings. The molecule has 6 nitrogen and oxygen atoms in total. The highest BCUT2D eigenvalue weighted by Gasteiger charge is 2.40. The zero-order valence-corrected chi connectivity index (χ0v) is 15.4. The number of benzene rings is 2. The number of aliphatic hydroxyl groups is 1. The van der Waals surface area contributed by atoms with Crippen molar-refractivity contribution in [3.05, 3.63) is 59.9 Å². The van der Waals surface area contributed by atoms with Crippen LogP contribution in [-0.2, 0) is 9.59 Å². The van der Waals surface area contributed by atoms with E-state index in [0.29, 0.717) is 29.4 Å². The molecule has 6 heteroatoms. The first-order valence-electron chi connectivity index (χ1n) is 8.74. The first-order chi connectivity index (χ1) is 12.9. The van der Waals surface area contributed by atoms with Crippen molar-refractivity contribution < 1.29 is 24.2 Å². The standard InChI is InChI=1S/C21H21NO5/c1-4-26-17-7-5-6-15(12-17)22-20(24)18(19(23)21(22)25)14-8-10-16(11-9-14)27-13(2)3/h5-13,23H,4H2,1-3H3. The van der Waals surface area contributed by atoms with Crippen LogP contribution in [0.2, 0.25) is 0 Å². The second kappa shape index (κ2) is 7.53. The van der Waals surface area contributed by atoms with E-state index in [1.807, 2.05) is 20.8 Å². The summed E-state index contributed by atoms with van der Waals surface area (Å²) in [7, 11) is 0. The molecular formula is C21H21NO5. The van der Waals surface area contributed by atoms with Crippen LogP contribution in [0.25, 0.3) is 5.57 Å². The predicted octanol–water partition coefficient (Wildman–Crippen LogP) is 3.72. The average Bonchev–Trinajstić information content (AvgIpc) is 2.85. The second-order valence-electron chi connectivity index (χ2n) is 6.29. The van der Waals surface area contributed by atoms with Crippen LogP contribution in [0.1, 0.15) is 26.3 Å². The summed E-state index contributed by atoms with van der Waals surface area (Å²) in [5.74, 6) is -0.722. The average molecular weight is 367 g/mol. The van der Waals surface area contributed by atoms with Crippen LogP contribution in [0.4, 0.5) is 5.69 Å². The van der Waals surface area contributed by atoms with Crippen LogP contribution in [0.15, 0.2) is 54.3 Å². The number of nitrogens with zero attached hydrogens (tertiary/aromatic N) is 1. The SMILES string of the molecule is CCOc1cccc(N2C(=O)C(O)=C(c3ccc(OC(C)C)cc3)C2=O)c1. The predicted molar refractivity (Wildman–Crippen MR) is 102 cm³/mol. The molecule has 2 aromatic rings. The van der Waals surface area contributed by atoms with Gasteiger partial charge in [0, 0.05) is 6.07 Å². The van der Waals surface area contributed by atoms with Crippen molar-refractivity contribution >= 4 is 23.1 Å². The molecule has 1 aliphatic heterocycles. The lowest BCUT2D eigenvalue weighted by Crippen LogP contribution is -2.31. The zero-order chi connectivity index (χ0) is 19.6. The van der Waals surface area contributed by atoms with Crippen molar-refractivity contribution in [3.63, 3.8) is 0 Å². The Hall–Kier alpha value is -3.28. The molecule has 0 spiro atoms. The molecular weight excluding hydrogens is 346 g/mol. The van der Waals surface area contributed by atoms with E-state index in [1.165, 1.54) is 0 Å². The summed E-state index contributed by atoms with van der Waals surface area (Å²) in [6.45, 7) is 6.13. The molecule has 1 heterocycles. The number of rotatable bonds is 6. The van der Waals surface area contributed by atoms with Gasteiger partial charge in [0.25, 0.3) is 5.91 Å². The molecule has 0 saturated carbocycles. The normalized spacial score (nSPS) is 14.3. The molecule has 0 atom stereocenters. The van der Waals surface area contributed by atoms with Crippen LogP contribution < -0.4 is 14.4 Å². The maximum absolute atomic E-state index is 12.9. The minimum absolute atomic E-state index is 0.0197. The Bertz CT molecular complexity index is 899. The van der Waals surface area contributed by atoms with Gasteiger partial charge in [0.1, 0.15) is 11.5 Å². The number of imide groups is 1. The molecule has 0 saturated heterocycles. The summed E-state index contributed by atoms with van der Waals surface area (Å²) >= 11 is 0. The summed E-state index contributed by atoms with van der Waals surface area (Å²) in [4.78, 5) is 26.3. The van der Waals surface area contributed by atoms with Gasteiger partial charge in [-0.05, 0) is 50.6 Å². The number of ether oxygens (including phenoxy) is 2. The Labute approximate surface area is 157 Å². The quantitative estimate of drug-likeness (QED) is 0.788. The molecule has 1 N–H and O–H groups in total. The lowest BCUT2D eigenvalue weighted by atomic mass is 10.1. The van der Waals surface area contributed by atoms with E-state index in [9.17, 15) is 14.7 Å². The van der Waals surface area contributed by atoms with Crippen molar-refractivity contribution in [1.29, 1.82) is 0 Å². The minimum atomic E-state index is -0.758. The van der Waals surface area contributed by atoms with Gasteiger partial charge in [-0.2, -0.15) is 0 Å². The Morgan fingerprint density at radius 2 is 1.70 bits per heavy atom. The van der Waals surface area contributed by atoms with Crippen LogP contribution in [0.5, 0.6) is 11.5 Å². The monoisotopic (exact) mass is 367 g/mol. The highest BCUT2D eigenvalue weighted by atomic mass is 16.5. The van der Waals surface area contributed by atoms with Crippen LogP contribution in [0, 0.1) is 0 Å². The van der Waals surface area contributed by atoms with Crippen LogP contribution >= 0.6 is 0 Å². The van der Waals surface area contributed by atoms with Gasteiger partial charge < -0.3 is 14.6 Å². The third-order valence-electron chi connectivity index (χ3n) is 3.96. The summed E-state index contributed by atoms with van der Waals surface area (Å²) in [5, 5.41) is 10.3. The summed E-state index contributed by atoms with van der Waals surface area (Å²) in [6.07, 6.45) is 0.0197. The fourth-order valence-corrected chi connectivity index (χ4v) is 2.86. The van der Waals surface area contributed by atoms with E-state index < -0.39 is 17.6 Å². The van der Waals surface area contributed by atoms with E-state index in [4.69, 9.17) is 9.47 Å². The number of carbonyl (C=O) groups excluding carboxylic acids is 2. The maximum atomic E-state index is 12.9. The van der Waals surface area contributed by atoms with E-state index >= 15 is 0 Å². The summed E-state index contributed by atoms with van der Waals surface area (Å²) in [5.41, 5.74) is 0.764. The van der Waals surface area contributed by atoms with Gasteiger partial charge in [0.15, 0.2) is 5.76 Å². The van der Waals surface area contributed by atoms with Crippen LogP contribution in [0.3, 0.4) is 0 Å². The van der Waals surface area contributed by atoms with Crippen molar-refractivity contribution in [2.45, 2.75) is 26.9 Å². The van der Waals surface area contributed by atoms with E-state index in [2.05, 4.69) is 0 Å². The van der Waals surface area contributed by atoms with Gasteiger partial charge in [0.2, 0.25) is 0 Å². The molecule has 2 aromatic carbocycles. The number of hydrogen-bond donors (Lipinski definition) is 1. The van der Waals surface area contributed by atoms with E-state index in [-0.39, 0.29) is 11.7 Å². The number of aliphatic hydroxyl groups excluding tert-OH is 1. The molecule has 0 aromatic heterocycles. The first-order valence-corrected chi connectivity index (χ1v) is 8.74. The largest absolute Gasteiger partial charge is 0.502 e. The molecule has 27 heavy (non-hydrogen) atoms. The minimum Gasteiger partial charge on any atom is -0.502 e. The van der Waals surface area contributed by atoms with Crippen molar-refractivity contribution in [2.75, 3.05) is 11.5 Å². The van der Waals surface area contributed by atoms with E-state index in [0.717, 1.165) is 4.90 Å². The fraction of sp³-hybridized carbons (Fsp3) is 0.238. The fourth-order valence-electron chi connectivity index (χ4n) is 2.86. The number of anilines is 1. The second-order valence-corrected chi connectivity index (χ2v) is 6.29. The summed E-state index contributed by atoms with van der Waals surface area (Å²) in [6, 6.07) is 13.3. The third kappa shape index (κ3) is 3.65. The Kier molecular flexibility index (Phi) is 5.16. The third-order valence-corrected chi connectivity index (χ3v) is 3.96. The van der Waals surface area contributed by atoms with Crippen molar-refractivity contribution in [2.24, 2.45) is 0 Å². The van der Waals surface area contributed by atoms with Crippen molar-refractivity contribution in [1.82, 2.24) is 0 Å². The molecule has 0 radical (unpaired) electrons. The molecule has 0 aliphatic carbocycles. The van der Waals surface area contributed by atoms with Crippen LogP contribution in [-0.4, -0.2) is 29.6 Å². The molecule has 140 valence electrons. The van der Waals surface area contributed by atoms with Gasteiger partial charge in [-0.3, -0.25) is 9.59 Å². The van der Waals surface area contributed by atoms with Gasteiger partial charge >= 0.3 is 5.91 Å². The number of hydrogen-bond acceptors (Lipinski definition) is 5. The van der Waals surface area contributed by atoms with Gasteiger partial charge in [-0.25, -0.2) is 4.90 Å². The molecule has 2 amide bonds. The molecule has 0 bridgehead atoms. The number of amides is 2. The summed E-state index contributed by atoms with van der Waals surface area (Å²) < 4.78 is 11.0. The van der Waals surface area contributed by atoms with E-state index in [1.54, 1.807) is 48.5 Å². The van der Waals surface area contributed by atoms with Gasteiger partial charge in [-0.1, -0.05) is 18.2 Å². The molecule has 0 unspecified atom stereocenters. The lowest BCUT2D eigenvalue weighted by molar-refractivity contribution is -0.121. The Morgan fingerprint density at radius 3 is 2.33 bits per heavy atom. The Morgan fingerprint density at radius 1 is 1.00 bits per heavy atom. The molecule has 1 aliphatic rings. The van der Waals surface area contributed by atoms with Gasteiger partial charge in [0.05, 0.1) is 24.0 Å². The number of carbonyl (C=O) groups is 2. The maximum Gasteiger partial charge on any atom is 0.301 e. The zero-order valence-electron chi connectivity index (χ0n) is 15.4. The molecule has 3 rings (SSSR count). The Balaban J connectivity index is 1.91. The highest BCUT2D eigenvalue weighted by molar-refractivity contribution is 6.44.